The number of H-pyrrole nitrogens is 1. The highest BCUT2D eigenvalue weighted by Crippen LogP contribution is 2.30. The Bertz CT molecular complexity index is 1100. The number of amides is 1. The van der Waals surface area contributed by atoms with Crippen LogP contribution in [0.5, 0.6) is 0 Å². The first-order chi connectivity index (χ1) is 16.0. The van der Waals surface area contributed by atoms with Gasteiger partial charge in [-0.3, -0.25) is 4.79 Å². The number of hydrogen-bond donors (Lipinski definition) is 4. The summed E-state index contributed by atoms with van der Waals surface area (Å²) < 4.78 is 14.0. The summed E-state index contributed by atoms with van der Waals surface area (Å²) in [6.07, 6.45) is 4.69. The van der Waals surface area contributed by atoms with Crippen molar-refractivity contribution in [2.45, 2.75) is 58.0 Å². The van der Waals surface area contributed by atoms with Crippen LogP contribution in [0, 0.1) is 19.7 Å². The minimum atomic E-state index is -0.271. The van der Waals surface area contributed by atoms with Gasteiger partial charge in [0.05, 0.1) is 11.7 Å². The van der Waals surface area contributed by atoms with Gasteiger partial charge in [-0.25, -0.2) is 9.37 Å². The normalized spacial score (nSPS) is 17.2. The Labute approximate surface area is 197 Å². The molecular weight excluding hydrogens is 439 g/mol. The molecule has 4 rings (SSSR count). The Morgan fingerprint density at radius 3 is 2.88 bits per heavy atom. The molecule has 6 nitrogen and oxygen atoms in total. The number of aromatic amines is 1. The molecule has 2 atom stereocenters. The van der Waals surface area contributed by atoms with Crippen LogP contribution in [0.4, 0.5) is 4.39 Å². The van der Waals surface area contributed by atoms with E-state index in [9.17, 15) is 14.3 Å². The lowest BCUT2D eigenvalue weighted by Crippen LogP contribution is -2.46. The highest BCUT2D eigenvalue weighted by molar-refractivity contribution is 7.11. The molecule has 1 amide bonds. The summed E-state index contributed by atoms with van der Waals surface area (Å²) in [5.74, 6) is -0.483. The second-order valence-electron chi connectivity index (χ2n) is 8.65. The van der Waals surface area contributed by atoms with Crippen molar-refractivity contribution >= 4 is 17.2 Å². The molecule has 176 valence electrons. The number of aliphatic hydroxyl groups is 1. The minimum Gasteiger partial charge on any atom is -0.396 e. The molecule has 1 aromatic carbocycles. The predicted molar refractivity (Wildman–Crippen MR) is 129 cm³/mol. The third-order valence-electron chi connectivity index (χ3n) is 6.19. The van der Waals surface area contributed by atoms with Crippen molar-refractivity contribution in [1.29, 1.82) is 0 Å². The number of nitrogens with zero attached hydrogens (tertiary/aromatic N) is 1. The zero-order chi connectivity index (χ0) is 23.4. The van der Waals surface area contributed by atoms with Gasteiger partial charge in [0.2, 0.25) is 0 Å². The highest BCUT2D eigenvalue weighted by atomic mass is 32.1. The lowest BCUT2D eigenvalue weighted by molar-refractivity contribution is 0.0918. The maximum Gasteiger partial charge on any atom is 0.268 e. The Kier molecular flexibility index (Phi) is 7.57. The van der Waals surface area contributed by atoms with E-state index in [4.69, 9.17) is 4.98 Å². The van der Waals surface area contributed by atoms with E-state index in [2.05, 4.69) is 15.6 Å². The van der Waals surface area contributed by atoms with Crippen LogP contribution in [0.2, 0.25) is 0 Å². The molecule has 8 heteroatoms. The van der Waals surface area contributed by atoms with Gasteiger partial charge in [-0.1, -0.05) is 18.6 Å². The van der Waals surface area contributed by atoms with Crippen molar-refractivity contribution in [2.24, 2.45) is 0 Å². The fraction of sp³-hybridized carbons (Fsp3) is 0.440. The van der Waals surface area contributed by atoms with Crippen molar-refractivity contribution in [3.8, 4) is 11.3 Å². The lowest BCUT2D eigenvalue weighted by atomic mass is 9.98. The summed E-state index contributed by atoms with van der Waals surface area (Å²) in [6, 6.07) is 8.44. The van der Waals surface area contributed by atoms with Crippen LogP contribution in [-0.4, -0.2) is 40.2 Å². The number of benzene rings is 1. The average Bonchev–Trinajstić information content (AvgIpc) is 3.45. The van der Waals surface area contributed by atoms with Crippen LogP contribution >= 0.6 is 11.3 Å². The number of rotatable bonds is 8. The molecule has 3 heterocycles. The second-order valence-corrected chi connectivity index (χ2v) is 9.76. The summed E-state index contributed by atoms with van der Waals surface area (Å²) >= 11 is 1.61. The van der Waals surface area contributed by atoms with Gasteiger partial charge in [0.1, 0.15) is 16.5 Å². The van der Waals surface area contributed by atoms with Gasteiger partial charge in [-0.15, -0.1) is 11.3 Å². The van der Waals surface area contributed by atoms with Gasteiger partial charge in [0, 0.05) is 28.8 Å². The van der Waals surface area contributed by atoms with E-state index >= 15 is 0 Å². The minimum absolute atomic E-state index is 0.111. The molecule has 0 unspecified atom stereocenters. The number of thiazole rings is 1. The number of aliphatic hydroxyl groups excluding tert-OH is 1. The number of carbonyl (C=O) groups excluding carboxylic acids is 1. The third kappa shape index (κ3) is 5.51. The summed E-state index contributed by atoms with van der Waals surface area (Å²) in [5.41, 5.74) is 3.38. The van der Waals surface area contributed by atoms with E-state index < -0.39 is 0 Å². The second kappa shape index (κ2) is 10.6. The molecule has 2 aromatic heterocycles. The molecule has 0 bridgehead atoms. The molecule has 0 radical (unpaired) electrons. The molecule has 1 saturated heterocycles. The van der Waals surface area contributed by atoms with Crippen molar-refractivity contribution in [2.75, 3.05) is 13.2 Å². The van der Waals surface area contributed by atoms with Crippen LogP contribution in [0.1, 0.15) is 63.4 Å². The van der Waals surface area contributed by atoms with Crippen LogP contribution in [0.15, 0.2) is 30.3 Å². The van der Waals surface area contributed by atoms with Crippen LogP contribution in [0.25, 0.3) is 11.3 Å². The molecule has 3 aromatic rings. The summed E-state index contributed by atoms with van der Waals surface area (Å²) in [6.45, 7) is 4.78. The predicted octanol–water partition coefficient (Wildman–Crippen LogP) is 4.43. The largest absolute Gasteiger partial charge is 0.396 e. The van der Waals surface area contributed by atoms with E-state index in [0.29, 0.717) is 28.9 Å². The first-order valence-corrected chi connectivity index (χ1v) is 12.3. The fourth-order valence-corrected chi connectivity index (χ4v) is 5.45. The zero-order valence-corrected chi connectivity index (χ0v) is 19.9. The van der Waals surface area contributed by atoms with E-state index in [1.165, 1.54) is 6.07 Å². The monoisotopic (exact) mass is 470 g/mol. The van der Waals surface area contributed by atoms with E-state index in [-0.39, 0.29) is 30.4 Å². The molecular formula is C25H31FN4O2S. The number of carbonyl (C=O) groups is 1. The SMILES string of the molecule is Cc1ccc(-c2ccc(C(=O)N[C@@H](c3nc(C)c(CCCO)s3)[C@@H]3CCCCN3)[nH]2)cc1F. The highest BCUT2D eigenvalue weighted by Gasteiger charge is 2.30. The first kappa shape index (κ1) is 23.6. The van der Waals surface area contributed by atoms with Crippen molar-refractivity contribution < 1.29 is 14.3 Å². The van der Waals surface area contributed by atoms with E-state index in [0.717, 1.165) is 47.8 Å². The maximum absolute atomic E-state index is 14.0. The third-order valence-corrected chi connectivity index (χ3v) is 7.49. The summed E-state index contributed by atoms with van der Waals surface area (Å²) in [4.78, 5) is 22.3. The van der Waals surface area contributed by atoms with E-state index in [1.54, 1.807) is 36.5 Å². The van der Waals surface area contributed by atoms with Gasteiger partial charge >= 0.3 is 0 Å². The molecule has 0 aliphatic carbocycles. The quantitative estimate of drug-likeness (QED) is 0.392. The van der Waals surface area contributed by atoms with Gasteiger partial charge in [-0.2, -0.15) is 0 Å². The molecule has 1 aliphatic heterocycles. The first-order valence-electron chi connectivity index (χ1n) is 11.5. The van der Waals surface area contributed by atoms with Gasteiger partial charge in [0.15, 0.2) is 0 Å². The number of hydrogen-bond acceptors (Lipinski definition) is 5. The molecule has 1 fully saturated rings. The smallest absolute Gasteiger partial charge is 0.268 e. The fourth-order valence-electron chi connectivity index (χ4n) is 4.23. The maximum atomic E-state index is 14.0. The molecule has 0 spiro atoms. The van der Waals surface area contributed by atoms with Crippen LogP contribution < -0.4 is 10.6 Å². The standard InChI is InChI=1S/C25H31FN4O2S/c1-15-8-9-17(14-18(15)26)19-10-11-21(29-19)24(32)30-23(20-6-3-4-12-27-20)25-28-16(2)22(33-25)7-5-13-31/h8-11,14,20,23,27,29,31H,3-7,12-13H2,1-2H3,(H,30,32)/t20-,23+/m0/s1. The molecule has 33 heavy (non-hydrogen) atoms. The summed E-state index contributed by atoms with van der Waals surface area (Å²) in [5, 5.41) is 16.8. The number of piperidine rings is 1. The van der Waals surface area contributed by atoms with Crippen LogP contribution in [0.3, 0.4) is 0 Å². The molecule has 1 aliphatic rings. The molecule has 0 saturated carbocycles. The van der Waals surface area contributed by atoms with Crippen LogP contribution in [-0.2, 0) is 6.42 Å². The Morgan fingerprint density at radius 1 is 1.30 bits per heavy atom. The van der Waals surface area contributed by atoms with Crippen molar-refractivity contribution in [3.63, 3.8) is 0 Å². The topological polar surface area (TPSA) is 90.0 Å². The number of aromatic nitrogens is 2. The lowest BCUT2D eigenvalue weighted by Gasteiger charge is -2.30. The van der Waals surface area contributed by atoms with Gasteiger partial charge in [0.25, 0.3) is 5.91 Å². The Balaban J connectivity index is 1.55. The van der Waals surface area contributed by atoms with Crippen molar-refractivity contribution in [1.82, 2.24) is 20.6 Å². The van der Waals surface area contributed by atoms with Gasteiger partial charge in [-0.05, 0) is 69.8 Å². The van der Waals surface area contributed by atoms with Gasteiger partial charge < -0.3 is 20.7 Å². The Hall–Kier alpha value is -2.55. The summed E-state index contributed by atoms with van der Waals surface area (Å²) in [7, 11) is 0. The van der Waals surface area contributed by atoms with Crippen molar-refractivity contribution in [3.05, 3.63) is 63.0 Å². The number of nitrogens with one attached hydrogen (secondary N) is 3. The number of halogens is 1. The average molecular weight is 471 g/mol. The zero-order valence-electron chi connectivity index (χ0n) is 19.1. The number of aryl methyl sites for hydroxylation is 3. The van der Waals surface area contributed by atoms with E-state index in [1.807, 2.05) is 13.0 Å². The Morgan fingerprint density at radius 2 is 2.15 bits per heavy atom. The molecule has 4 N–H and O–H groups in total.